The normalized spacial score (nSPS) is 18.5. The molecule has 0 fully saturated rings. The molecule has 3 amide bonds. The van der Waals surface area contributed by atoms with Crippen molar-refractivity contribution in [1.29, 1.82) is 0 Å². The minimum Gasteiger partial charge on any atom is -0.358 e. The highest BCUT2D eigenvalue weighted by molar-refractivity contribution is 7.99. The van der Waals surface area contributed by atoms with Gasteiger partial charge in [-0.05, 0) is 116 Å². The van der Waals surface area contributed by atoms with E-state index in [1.54, 1.807) is 25.5 Å². The molecule has 0 radical (unpaired) electrons. The van der Waals surface area contributed by atoms with E-state index in [9.17, 15) is 14.4 Å². The molecule has 2 aromatic carbocycles. The topological polar surface area (TPSA) is 184 Å². The van der Waals surface area contributed by atoms with Crippen LogP contribution in [0.2, 0.25) is 10.2 Å². The Bertz CT molecular complexity index is 2220. The highest BCUT2D eigenvalue weighted by Gasteiger charge is 2.34. The number of aryl methyl sites for hydroxylation is 1. The fourth-order valence-electron chi connectivity index (χ4n) is 7.19. The van der Waals surface area contributed by atoms with Crippen LogP contribution in [0.4, 0.5) is 0 Å². The van der Waals surface area contributed by atoms with Crippen molar-refractivity contribution in [3.63, 3.8) is 0 Å². The van der Waals surface area contributed by atoms with Crippen molar-refractivity contribution < 1.29 is 14.4 Å². The van der Waals surface area contributed by atoms with E-state index in [1.165, 1.54) is 16.7 Å². The second kappa shape index (κ2) is 19.8. The van der Waals surface area contributed by atoms with Crippen molar-refractivity contribution in [2.24, 2.45) is 11.5 Å². The first-order valence-electron chi connectivity index (χ1n) is 19.2. The van der Waals surface area contributed by atoms with Crippen LogP contribution in [-0.2, 0) is 33.9 Å². The number of benzene rings is 2. The maximum atomic E-state index is 14.7. The van der Waals surface area contributed by atoms with Gasteiger partial charge in [0.2, 0.25) is 17.7 Å². The monoisotopic (exact) mass is 829 g/mol. The second-order valence-electron chi connectivity index (χ2n) is 14.3. The fourth-order valence-corrected chi connectivity index (χ4v) is 8.72. The van der Waals surface area contributed by atoms with Crippen molar-refractivity contribution in [1.82, 2.24) is 35.8 Å². The molecule has 8 N–H and O–H groups in total. The quantitative estimate of drug-likeness (QED) is 0.0737. The van der Waals surface area contributed by atoms with E-state index in [4.69, 9.17) is 39.7 Å². The molecule has 0 spiro atoms. The molecule has 1 aliphatic rings. The van der Waals surface area contributed by atoms with Crippen molar-refractivity contribution in [3.05, 3.63) is 106 Å². The Hall–Kier alpha value is -4.50. The third-order valence-electron chi connectivity index (χ3n) is 10.3. The van der Waals surface area contributed by atoms with Gasteiger partial charge in [0, 0.05) is 60.4 Å². The van der Waals surface area contributed by atoms with Crippen LogP contribution in [0.1, 0.15) is 54.5 Å². The Balaban J connectivity index is 1.46. The summed E-state index contributed by atoms with van der Waals surface area (Å²) in [5, 5.41) is 12.1. The Morgan fingerprint density at radius 2 is 1.63 bits per heavy atom. The Kier molecular flexibility index (Phi) is 14.6. The first-order chi connectivity index (χ1) is 27.6. The third-order valence-corrected chi connectivity index (χ3v) is 12.2. The van der Waals surface area contributed by atoms with Crippen LogP contribution < -0.4 is 27.4 Å². The van der Waals surface area contributed by atoms with E-state index in [0.29, 0.717) is 71.8 Å². The zero-order valence-electron chi connectivity index (χ0n) is 32.1. The number of carbonyl (C=O) groups is 3. The molecule has 0 unspecified atom stereocenters. The summed E-state index contributed by atoms with van der Waals surface area (Å²) in [7, 11) is 1.63. The van der Waals surface area contributed by atoms with Crippen molar-refractivity contribution in [2.75, 3.05) is 20.1 Å². The van der Waals surface area contributed by atoms with E-state index in [1.807, 2.05) is 61.5 Å². The van der Waals surface area contributed by atoms with Gasteiger partial charge in [0.1, 0.15) is 22.3 Å². The molecule has 6 rings (SSSR count). The number of hydrogen-bond donors (Lipinski definition) is 6. The average Bonchev–Trinajstić information content (AvgIpc) is 3.53. The summed E-state index contributed by atoms with van der Waals surface area (Å²) < 4.78 is 0. The van der Waals surface area contributed by atoms with Gasteiger partial charge in [0.15, 0.2) is 0 Å². The number of hydrogen-bond acceptors (Lipinski definition) is 9. The SMILES string of the molecule is Cc1[nH]c2ccccc2c1C[C@H]1C(=O)NCc2cc(-c3ccnc(Cl)c3)cc(Cl)c2Sc2ncccc2CN[C@@H](CCCN)C(=O)N[C@@H](CCCCN)C(=O)N1C. The summed E-state index contributed by atoms with van der Waals surface area (Å²) in [5.74, 6) is -1.06. The number of halogens is 2. The first-order valence-corrected chi connectivity index (χ1v) is 20.8. The van der Waals surface area contributed by atoms with Gasteiger partial charge in [-0.2, -0.15) is 0 Å². The number of rotatable bonds is 10. The predicted molar refractivity (Wildman–Crippen MR) is 227 cm³/mol. The molecular formula is C42H49Cl2N9O3S. The van der Waals surface area contributed by atoms with Crippen LogP contribution in [0.15, 0.2) is 83.0 Å². The molecule has 5 aromatic rings. The molecule has 3 atom stereocenters. The summed E-state index contributed by atoms with van der Waals surface area (Å²) in [4.78, 5) is 57.9. The highest BCUT2D eigenvalue weighted by atomic mass is 35.5. The molecule has 0 aliphatic carbocycles. The van der Waals surface area contributed by atoms with Gasteiger partial charge in [-0.15, -0.1) is 0 Å². The van der Waals surface area contributed by atoms with Gasteiger partial charge in [0.25, 0.3) is 0 Å². The van der Waals surface area contributed by atoms with Crippen LogP contribution in [0.25, 0.3) is 22.0 Å². The Morgan fingerprint density at radius 1 is 0.842 bits per heavy atom. The molecule has 12 nitrogen and oxygen atoms in total. The number of aromatic nitrogens is 3. The second-order valence-corrected chi connectivity index (χ2v) is 16.0. The van der Waals surface area contributed by atoms with Crippen LogP contribution in [0, 0.1) is 6.92 Å². The fraction of sp³-hybridized carbons (Fsp3) is 0.357. The molecule has 0 saturated carbocycles. The first kappa shape index (κ1) is 42.1. The molecule has 57 heavy (non-hydrogen) atoms. The number of unbranched alkanes of at least 4 members (excludes halogenated alkanes) is 1. The standard InChI is InChI=1S/C42H49Cl2N9O3S/c1-25-31(30-10-3-4-11-33(30)51-25)22-36-40(55)50-24-29-19-28(26-14-18-47-37(44)21-26)20-32(43)38(29)57-41-27(9-8-17-48-41)23-49-34(13-7-16-46)39(54)52-35(12-5-6-15-45)42(56)53(36)2/h3-4,8-11,14,17-21,34-36,49,51H,5-7,12-13,15-16,22-24,45-46H2,1-2H3,(H,50,55)(H,52,54)/t34-,35-,36-/m0/s1. The maximum Gasteiger partial charge on any atom is 0.245 e. The van der Waals surface area contributed by atoms with Gasteiger partial charge >= 0.3 is 0 Å². The van der Waals surface area contributed by atoms with Crippen LogP contribution in [-0.4, -0.2) is 75.8 Å². The lowest BCUT2D eigenvalue weighted by molar-refractivity contribution is -0.142. The number of pyridine rings is 2. The van der Waals surface area contributed by atoms with Gasteiger partial charge in [-0.3, -0.25) is 14.4 Å². The van der Waals surface area contributed by atoms with Gasteiger partial charge < -0.3 is 37.3 Å². The lowest BCUT2D eigenvalue weighted by Crippen LogP contribution is -2.57. The van der Waals surface area contributed by atoms with E-state index >= 15 is 0 Å². The molecule has 1 aliphatic heterocycles. The van der Waals surface area contributed by atoms with Crippen molar-refractivity contribution in [3.8, 4) is 11.1 Å². The number of nitrogens with zero attached hydrogens (tertiary/aromatic N) is 3. The number of fused-ring (bicyclic) bond motifs is 3. The molecule has 4 heterocycles. The van der Waals surface area contributed by atoms with E-state index < -0.39 is 18.1 Å². The van der Waals surface area contributed by atoms with Crippen molar-refractivity contribution >= 4 is 63.6 Å². The van der Waals surface area contributed by atoms with E-state index in [0.717, 1.165) is 44.4 Å². The summed E-state index contributed by atoms with van der Waals surface area (Å²) >= 11 is 14.8. The van der Waals surface area contributed by atoms with Gasteiger partial charge in [0.05, 0.1) is 11.1 Å². The average molecular weight is 831 g/mol. The lowest BCUT2D eigenvalue weighted by Gasteiger charge is -2.32. The number of para-hydroxylation sites is 1. The Labute approximate surface area is 347 Å². The van der Waals surface area contributed by atoms with E-state index in [-0.39, 0.29) is 30.7 Å². The predicted octanol–water partition coefficient (Wildman–Crippen LogP) is 5.90. The third kappa shape index (κ3) is 10.3. The molecular weight excluding hydrogens is 781 g/mol. The molecule has 300 valence electrons. The summed E-state index contributed by atoms with van der Waals surface area (Å²) in [5.41, 5.74) is 17.7. The molecule has 3 aromatic heterocycles. The minimum absolute atomic E-state index is 0.0944. The van der Waals surface area contributed by atoms with E-state index in [2.05, 4.69) is 25.9 Å². The molecule has 0 bridgehead atoms. The number of carbonyl (C=O) groups excluding carboxylic acids is 3. The zero-order chi connectivity index (χ0) is 40.5. The summed E-state index contributed by atoms with van der Waals surface area (Å²) in [6.07, 6.45) is 6.24. The number of amides is 3. The highest BCUT2D eigenvalue weighted by Crippen LogP contribution is 2.40. The smallest absolute Gasteiger partial charge is 0.245 e. The van der Waals surface area contributed by atoms with Crippen LogP contribution in [0.3, 0.4) is 0 Å². The molecule has 0 saturated heterocycles. The number of likely N-dealkylation sites (N-methyl/N-ethyl adjacent to an activating group) is 1. The van der Waals surface area contributed by atoms with Crippen LogP contribution in [0.5, 0.6) is 0 Å². The minimum atomic E-state index is -0.942. The summed E-state index contributed by atoms with van der Waals surface area (Å²) in [6.45, 7) is 3.22. The number of H-pyrrole nitrogens is 1. The summed E-state index contributed by atoms with van der Waals surface area (Å²) in [6, 6.07) is 16.6. The number of nitrogens with two attached hydrogens (primary N) is 2. The van der Waals surface area contributed by atoms with Crippen molar-refractivity contribution in [2.45, 2.75) is 86.6 Å². The van der Waals surface area contributed by atoms with Crippen LogP contribution >= 0.6 is 35.0 Å². The zero-order valence-corrected chi connectivity index (χ0v) is 34.4. The molecule has 15 heteroatoms. The largest absolute Gasteiger partial charge is 0.358 e. The maximum absolute atomic E-state index is 14.7. The van der Waals surface area contributed by atoms with Gasteiger partial charge in [-0.1, -0.05) is 59.2 Å². The number of aromatic amines is 1. The Morgan fingerprint density at radius 3 is 2.42 bits per heavy atom. The lowest BCUT2D eigenvalue weighted by atomic mass is 9.99. The van der Waals surface area contributed by atoms with Gasteiger partial charge in [-0.25, -0.2) is 9.97 Å². The number of nitrogens with one attached hydrogen (secondary N) is 4.